The highest BCUT2D eigenvalue weighted by atomic mass is 16.5. The van der Waals surface area contributed by atoms with Crippen LogP contribution in [0.3, 0.4) is 0 Å². The van der Waals surface area contributed by atoms with Crippen LogP contribution in [0.1, 0.15) is 28.8 Å². The van der Waals surface area contributed by atoms with Crippen molar-refractivity contribution in [2.45, 2.75) is 25.4 Å². The van der Waals surface area contributed by atoms with Crippen LogP contribution in [0.2, 0.25) is 0 Å². The number of aromatic nitrogens is 1. The minimum Gasteiger partial charge on any atom is -0.439 e. The monoisotopic (exact) mass is 283 g/mol. The number of benzene rings is 1. The van der Waals surface area contributed by atoms with Gasteiger partial charge >= 0.3 is 0 Å². The fraction of sp³-hybridized carbons (Fsp3) is 0.250. The van der Waals surface area contributed by atoms with Crippen molar-refractivity contribution in [1.29, 1.82) is 0 Å². The smallest absolute Gasteiger partial charge is 0.248 e. The van der Waals surface area contributed by atoms with E-state index in [1.165, 1.54) is 12.8 Å². The summed E-state index contributed by atoms with van der Waals surface area (Å²) >= 11 is 0. The third-order valence-corrected chi connectivity index (χ3v) is 3.36. The molecule has 1 fully saturated rings. The number of rotatable bonds is 6. The van der Waals surface area contributed by atoms with E-state index in [-0.39, 0.29) is 0 Å². The van der Waals surface area contributed by atoms with Gasteiger partial charge in [0.15, 0.2) is 0 Å². The summed E-state index contributed by atoms with van der Waals surface area (Å²) in [7, 11) is 0. The third kappa shape index (κ3) is 3.58. The molecule has 3 rings (SSSR count). The van der Waals surface area contributed by atoms with Crippen molar-refractivity contribution in [3.8, 4) is 11.6 Å². The van der Waals surface area contributed by atoms with Crippen molar-refractivity contribution in [2.24, 2.45) is 5.73 Å². The van der Waals surface area contributed by atoms with Crippen molar-refractivity contribution in [3.63, 3.8) is 0 Å². The van der Waals surface area contributed by atoms with E-state index in [0.29, 0.717) is 23.2 Å². The van der Waals surface area contributed by atoms with E-state index in [1.54, 1.807) is 30.5 Å². The number of nitrogens with zero attached hydrogens (tertiary/aromatic N) is 1. The molecule has 1 heterocycles. The highest BCUT2D eigenvalue weighted by Gasteiger charge is 2.20. The number of hydrogen-bond donors (Lipinski definition) is 2. The molecule has 2 aromatic rings. The van der Waals surface area contributed by atoms with Crippen molar-refractivity contribution >= 4 is 5.91 Å². The van der Waals surface area contributed by atoms with Gasteiger partial charge in [-0.05, 0) is 43.2 Å². The van der Waals surface area contributed by atoms with Gasteiger partial charge in [0.1, 0.15) is 5.75 Å². The van der Waals surface area contributed by atoms with Crippen LogP contribution in [0, 0.1) is 0 Å². The molecule has 0 unspecified atom stereocenters. The Labute approximate surface area is 123 Å². The van der Waals surface area contributed by atoms with Crippen LogP contribution in [-0.4, -0.2) is 16.9 Å². The Morgan fingerprint density at radius 2 is 2.05 bits per heavy atom. The molecule has 0 saturated heterocycles. The second-order valence-electron chi connectivity index (χ2n) is 5.11. The van der Waals surface area contributed by atoms with Gasteiger partial charge in [-0.25, -0.2) is 4.98 Å². The number of carbonyl (C=O) groups is 1. The van der Waals surface area contributed by atoms with Gasteiger partial charge in [0.2, 0.25) is 11.8 Å². The molecule has 0 atom stereocenters. The van der Waals surface area contributed by atoms with E-state index >= 15 is 0 Å². The SMILES string of the molecule is NC(=O)c1ccc(Oc2ncccc2CNC2CC2)cc1. The van der Waals surface area contributed by atoms with Crippen molar-refractivity contribution < 1.29 is 9.53 Å². The minimum atomic E-state index is -0.450. The van der Waals surface area contributed by atoms with Gasteiger partial charge in [-0.15, -0.1) is 0 Å². The molecular weight excluding hydrogens is 266 g/mol. The molecule has 0 radical (unpaired) electrons. The van der Waals surface area contributed by atoms with E-state index in [1.807, 2.05) is 12.1 Å². The minimum absolute atomic E-state index is 0.450. The molecule has 1 amide bonds. The summed E-state index contributed by atoms with van der Waals surface area (Å²) in [5, 5.41) is 3.44. The molecule has 5 nitrogen and oxygen atoms in total. The largest absolute Gasteiger partial charge is 0.439 e. The van der Waals surface area contributed by atoms with Crippen LogP contribution in [0.15, 0.2) is 42.6 Å². The van der Waals surface area contributed by atoms with E-state index in [2.05, 4.69) is 10.3 Å². The molecule has 1 aromatic heterocycles. The van der Waals surface area contributed by atoms with Crippen LogP contribution in [-0.2, 0) is 6.54 Å². The first-order chi connectivity index (χ1) is 10.2. The lowest BCUT2D eigenvalue weighted by Crippen LogP contribution is -2.16. The van der Waals surface area contributed by atoms with Gasteiger partial charge in [0.05, 0.1) is 0 Å². The van der Waals surface area contributed by atoms with Crippen molar-refractivity contribution in [2.75, 3.05) is 0 Å². The molecule has 3 N–H and O–H groups in total. The summed E-state index contributed by atoms with van der Waals surface area (Å²) in [5.41, 5.74) is 6.69. The average molecular weight is 283 g/mol. The fourth-order valence-electron chi connectivity index (χ4n) is 1.99. The first-order valence-electron chi connectivity index (χ1n) is 6.97. The van der Waals surface area contributed by atoms with E-state index < -0.39 is 5.91 Å². The molecule has 5 heteroatoms. The zero-order chi connectivity index (χ0) is 14.7. The third-order valence-electron chi connectivity index (χ3n) is 3.36. The Morgan fingerprint density at radius 1 is 1.29 bits per heavy atom. The summed E-state index contributed by atoms with van der Waals surface area (Å²) in [6.07, 6.45) is 4.18. The second kappa shape index (κ2) is 5.93. The Hall–Kier alpha value is -2.40. The van der Waals surface area contributed by atoms with E-state index in [9.17, 15) is 4.79 Å². The predicted molar refractivity (Wildman–Crippen MR) is 79.1 cm³/mol. The quantitative estimate of drug-likeness (QED) is 0.852. The molecular formula is C16H17N3O2. The van der Waals surface area contributed by atoms with E-state index in [0.717, 1.165) is 12.1 Å². The first-order valence-corrected chi connectivity index (χ1v) is 6.97. The molecule has 21 heavy (non-hydrogen) atoms. The molecule has 1 aliphatic rings. The zero-order valence-corrected chi connectivity index (χ0v) is 11.6. The molecule has 1 aliphatic carbocycles. The molecule has 1 aromatic carbocycles. The lowest BCUT2D eigenvalue weighted by atomic mass is 10.2. The topological polar surface area (TPSA) is 77.2 Å². The summed E-state index contributed by atoms with van der Waals surface area (Å²) in [5.74, 6) is 0.762. The average Bonchev–Trinajstić information content (AvgIpc) is 3.31. The number of nitrogens with two attached hydrogens (primary N) is 1. The lowest BCUT2D eigenvalue weighted by molar-refractivity contribution is 0.100. The molecule has 108 valence electrons. The van der Waals surface area contributed by atoms with Crippen LogP contribution in [0.5, 0.6) is 11.6 Å². The van der Waals surface area contributed by atoms with E-state index in [4.69, 9.17) is 10.5 Å². The van der Waals surface area contributed by atoms with Gasteiger partial charge in [-0.2, -0.15) is 0 Å². The van der Waals surface area contributed by atoms with Crippen molar-refractivity contribution in [3.05, 3.63) is 53.7 Å². The lowest BCUT2D eigenvalue weighted by Gasteiger charge is -2.10. The van der Waals surface area contributed by atoms with Gasteiger partial charge < -0.3 is 15.8 Å². The highest BCUT2D eigenvalue weighted by molar-refractivity contribution is 5.92. The molecule has 0 spiro atoms. The molecule has 0 bridgehead atoms. The highest BCUT2D eigenvalue weighted by Crippen LogP contribution is 2.25. The van der Waals surface area contributed by atoms with Gasteiger partial charge in [0, 0.05) is 29.9 Å². The van der Waals surface area contributed by atoms with Crippen LogP contribution < -0.4 is 15.8 Å². The molecule has 0 aliphatic heterocycles. The Morgan fingerprint density at radius 3 is 2.71 bits per heavy atom. The Balaban J connectivity index is 1.72. The Bertz CT molecular complexity index is 636. The normalized spacial score (nSPS) is 13.9. The summed E-state index contributed by atoms with van der Waals surface area (Å²) < 4.78 is 5.79. The maximum Gasteiger partial charge on any atom is 0.248 e. The maximum atomic E-state index is 11.0. The number of ether oxygens (including phenoxy) is 1. The standard InChI is InChI=1S/C16H17N3O2/c17-15(20)11-3-7-14(8-4-11)21-16-12(2-1-9-18-16)10-19-13-5-6-13/h1-4,7-9,13,19H,5-6,10H2,(H2,17,20). The summed E-state index contributed by atoms with van der Waals surface area (Å²) in [6, 6.07) is 11.2. The number of primary amides is 1. The fourth-order valence-corrected chi connectivity index (χ4v) is 1.99. The van der Waals surface area contributed by atoms with Crippen molar-refractivity contribution in [1.82, 2.24) is 10.3 Å². The number of nitrogens with one attached hydrogen (secondary N) is 1. The second-order valence-corrected chi connectivity index (χ2v) is 5.11. The summed E-state index contributed by atoms with van der Waals surface area (Å²) in [6.45, 7) is 0.743. The number of hydrogen-bond acceptors (Lipinski definition) is 4. The van der Waals surface area contributed by atoms with Crippen LogP contribution in [0.4, 0.5) is 0 Å². The van der Waals surface area contributed by atoms with Gasteiger partial charge in [-0.1, -0.05) is 6.07 Å². The number of pyridine rings is 1. The summed E-state index contributed by atoms with van der Waals surface area (Å²) in [4.78, 5) is 15.3. The van der Waals surface area contributed by atoms with Gasteiger partial charge in [0.25, 0.3) is 0 Å². The van der Waals surface area contributed by atoms with Crippen LogP contribution >= 0.6 is 0 Å². The first kappa shape index (κ1) is 13.6. The number of carbonyl (C=O) groups excluding carboxylic acids is 1. The van der Waals surface area contributed by atoms with Gasteiger partial charge in [-0.3, -0.25) is 4.79 Å². The predicted octanol–water partition coefficient (Wildman–Crippen LogP) is 2.22. The number of amides is 1. The maximum absolute atomic E-state index is 11.0. The zero-order valence-electron chi connectivity index (χ0n) is 11.6. The van der Waals surface area contributed by atoms with Crippen LogP contribution in [0.25, 0.3) is 0 Å². The molecule has 1 saturated carbocycles. The Kier molecular flexibility index (Phi) is 3.83.